The van der Waals surface area contributed by atoms with E-state index in [0.717, 1.165) is 26.1 Å². The largest absolute Gasteiger partial charge is 0.406 e. The summed E-state index contributed by atoms with van der Waals surface area (Å²) < 4.78 is 13.0. The zero-order chi connectivity index (χ0) is 25.0. The second-order valence-electron chi connectivity index (χ2n) is 11.0. The molecule has 188 valence electrons. The Balaban J connectivity index is 1.50. The van der Waals surface area contributed by atoms with Crippen LogP contribution in [0.1, 0.15) is 32.8 Å². The molecular formula is C31H38N2O2Si. The van der Waals surface area contributed by atoms with Gasteiger partial charge in [0.25, 0.3) is 8.32 Å². The van der Waals surface area contributed by atoms with Crippen LogP contribution in [0.2, 0.25) is 5.04 Å². The molecule has 3 aromatic carbocycles. The molecular weight excluding hydrogens is 460 g/mol. The van der Waals surface area contributed by atoms with E-state index in [1.54, 1.807) is 0 Å². The lowest BCUT2D eigenvalue weighted by Gasteiger charge is -2.44. The highest BCUT2D eigenvalue weighted by Crippen LogP contribution is 2.37. The van der Waals surface area contributed by atoms with E-state index in [-0.39, 0.29) is 11.1 Å². The van der Waals surface area contributed by atoms with Crippen LogP contribution in [-0.2, 0) is 15.6 Å². The lowest BCUT2D eigenvalue weighted by molar-refractivity contribution is 0.181. The normalized spacial score (nSPS) is 17.5. The van der Waals surface area contributed by atoms with Crippen molar-refractivity contribution in [2.75, 3.05) is 19.8 Å². The number of ether oxygens (including phenoxy) is 1. The van der Waals surface area contributed by atoms with Gasteiger partial charge in [0.05, 0.1) is 13.2 Å². The lowest BCUT2D eigenvalue weighted by atomic mass is 10.0. The highest BCUT2D eigenvalue weighted by atomic mass is 28.4. The molecule has 0 saturated carbocycles. The maximum absolute atomic E-state index is 7.32. The molecule has 1 unspecified atom stereocenters. The van der Waals surface area contributed by atoms with Gasteiger partial charge in [-0.05, 0) is 39.9 Å². The molecule has 36 heavy (non-hydrogen) atoms. The average Bonchev–Trinajstić information content (AvgIpc) is 3.55. The Morgan fingerprint density at radius 2 is 1.58 bits per heavy atom. The molecule has 5 rings (SSSR count). The van der Waals surface area contributed by atoms with E-state index >= 15 is 0 Å². The number of hydrogen-bond donors (Lipinski definition) is 2. The minimum atomic E-state index is -2.60. The standard InChI is InChI=1S/C31H38N2O2Si/c1-31(2,3)36(27-12-6-4-7-13-27,28-14-8-5-9-15-28)35-23-26(33-25-18-19-34-22-25)20-24-21-32-30-17-11-10-16-29(24)30/h4-17,21,25-26,32-33H,18-20,22-23H2,1-3H3/t25?,26-/m0/s1. The lowest BCUT2D eigenvalue weighted by Crippen LogP contribution is -2.67. The molecule has 1 aliphatic rings. The van der Waals surface area contributed by atoms with Crippen molar-refractivity contribution >= 4 is 29.6 Å². The van der Waals surface area contributed by atoms with Crippen molar-refractivity contribution in [2.45, 2.75) is 50.7 Å². The maximum atomic E-state index is 7.32. The maximum Gasteiger partial charge on any atom is 0.261 e. The van der Waals surface area contributed by atoms with Crippen molar-refractivity contribution < 1.29 is 9.16 Å². The number of para-hydroxylation sites is 1. The highest BCUT2D eigenvalue weighted by Gasteiger charge is 2.50. The van der Waals surface area contributed by atoms with Crippen molar-refractivity contribution in [3.63, 3.8) is 0 Å². The van der Waals surface area contributed by atoms with Gasteiger partial charge < -0.3 is 19.5 Å². The first-order valence-electron chi connectivity index (χ1n) is 13.1. The number of benzene rings is 3. The van der Waals surface area contributed by atoms with Crippen LogP contribution in [0.15, 0.2) is 91.1 Å². The van der Waals surface area contributed by atoms with Crippen LogP contribution in [0, 0.1) is 0 Å². The monoisotopic (exact) mass is 498 g/mol. The molecule has 0 spiro atoms. The molecule has 2 heterocycles. The first kappa shape index (κ1) is 25.0. The Morgan fingerprint density at radius 1 is 0.944 bits per heavy atom. The molecule has 4 nitrogen and oxygen atoms in total. The Labute approximate surface area is 216 Å². The van der Waals surface area contributed by atoms with Crippen LogP contribution >= 0.6 is 0 Å². The van der Waals surface area contributed by atoms with Gasteiger partial charge in [0, 0.05) is 35.8 Å². The van der Waals surface area contributed by atoms with E-state index in [9.17, 15) is 0 Å². The van der Waals surface area contributed by atoms with E-state index in [1.165, 1.54) is 26.8 Å². The number of H-pyrrole nitrogens is 1. The molecule has 1 aromatic heterocycles. The fourth-order valence-electron chi connectivity index (χ4n) is 5.72. The zero-order valence-electron chi connectivity index (χ0n) is 21.7. The predicted molar refractivity (Wildman–Crippen MR) is 152 cm³/mol. The van der Waals surface area contributed by atoms with Crippen molar-refractivity contribution in [3.05, 3.63) is 96.7 Å². The van der Waals surface area contributed by atoms with E-state index in [4.69, 9.17) is 9.16 Å². The molecule has 1 saturated heterocycles. The number of hydrogen-bond acceptors (Lipinski definition) is 3. The molecule has 5 heteroatoms. The van der Waals surface area contributed by atoms with Crippen molar-refractivity contribution in [3.8, 4) is 0 Å². The van der Waals surface area contributed by atoms with Gasteiger partial charge in [-0.1, -0.05) is 99.6 Å². The molecule has 0 bridgehead atoms. The van der Waals surface area contributed by atoms with Crippen molar-refractivity contribution in [1.82, 2.24) is 10.3 Å². The van der Waals surface area contributed by atoms with Crippen molar-refractivity contribution in [2.24, 2.45) is 0 Å². The smallest absolute Gasteiger partial charge is 0.261 e. The summed E-state index contributed by atoms with van der Waals surface area (Å²) in [5, 5.41) is 7.79. The number of fused-ring (bicyclic) bond motifs is 1. The first-order valence-corrected chi connectivity index (χ1v) is 15.0. The SMILES string of the molecule is CC(C)(C)[Si](OC[C@H](Cc1c[nH]c2ccccc12)NC1CCOC1)(c1ccccc1)c1ccccc1. The minimum Gasteiger partial charge on any atom is -0.406 e. The third kappa shape index (κ3) is 5.07. The third-order valence-corrected chi connectivity index (χ3v) is 12.5. The molecule has 1 fully saturated rings. The summed E-state index contributed by atoms with van der Waals surface area (Å²) in [7, 11) is -2.60. The van der Waals surface area contributed by atoms with Crippen molar-refractivity contribution in [1.29, 1.82) is 0 Å². The predicted octanol–water partition coefficient (Wildman–Crippen LogP) is 5.03. The Hall–Kier alpha value is -2.70. The molecule has 1 aliphatic heterocycles. The van der Waals surface area contributed by atoms with Gasteiger partial charge in [0.1, 0.15) is 0 Å². The second kappa shape index (κ2) is 10.7. The fraction of sp³-hybridized carbons (Fsp3) is 0.355. The zero-order valence-corrected chi connectivity index (χ0v) is 22.7. The van der Waals surface area contributed by atoms with E-state index < -0.39 is 8.32 Å². The van der Waals surface area contributed by atoms with Gasteiger partial charge >= 0.3 is 0 Å². The van der Waals surface area contributed by atoms with Crippen LogP contribution in [0.4, 0.5) is 0 Å². The van der Waals surface area contributed by atoms with Crippen LogP contribution in [0.5, 0.6) is 0 Å². The van der Waals surface area contributed by atoms with Gasteiger partial charge in [-0.25, -0.2) is 0 Å². The van der Waals surface area contributed by atoms with Crippen LogP contribution in [0.25, 0.3) is 10.9 Å². The fourth-order valence-corrected chi connectivity index (χ4v) is 10.3. The number of nitrogens with one attached hydrogen (secondary N) is 2. The molecule has 0 aliphatic carbocycles. The summed E-state index contributed by atoms with van der Waals surface area (Å²) in [5.41, 5.74) is 2.51. The summed E-state index contributed by atoms with van der Waals surface area (Å²) in [6.07, 6.45) is 4.11. The van der Waals surface area contributed by atoms with E-state index in [1.807, 2.05) is 0 Å². The van der Waals surface area contributed by atoms with Crippen LogP contribution < -0.4 is 15.7 Å². The average molecular weight is 499 g/mol. The van der Waals surface area contributed by atoms with E-state index in [0.29, 0.717) is 12.6 Å². The topological polar surface area (TPSA) is 46.3 Å². The minimum absolute atomic E-state index is 0.0441. The van der Waals surface area contributed by atoms with Gasteiger partial charge in [-0.2, -0.15) is 0 Å². The van der Waals surface area contributed by atoms with Gasteiger partial charge in [0.2, 0.25) is 0 Å². The summed E-state index contributed by atoms with van der Waals surface area (Å²) in [6.45, 7) is 9.25. The molecule has 0 amide bonds. The van der Waals surface area contributed by atoms with Gasteiger partial charge in [0.15, 0.2) is 0 Å². The summed E-state index contributed by atoms with van der Waals surface area (Å²) >= 11 is 0. The molecule has 0 radical (unpaired) electrons. The summed E-state index contributed by atoms with van der Waals surface area (Å²) in [4.78, 5) is 3.45. The molecule has 2 atom stereocenters. The van der Waals surface area contributed by atoms with E-state index in [2.05, 4.69) is 122 Å². The van der Waals surface area contributed by atoms with Crippen LogP contribution in [-0.4, -0.2) is 45.2 Å². The Morgan fingerprint density at radius 3 is 2.19 bits per heavy atom. The number of aromatic amines is 1. The first-order chi connectivity index (χ1) is 17.5. The quantitative estimate of drug-likeness (QED) is 0.318. The van der Waals surface area contributed by atoms with Crippen LogP contribution in [0.3, 0.4) is 0 Å². The summed E-state index contributed by atoms with van der Waals surface area (Å²) in [6, 6.07) is 30.9. The van der Waals surface area contributed by atoms with Gasteiger partial charge in [-0.15, -0.1) is 0 Å². The summed E-state index contributed by atoms with van der Waals surface area (Å²) in [5.74, 6) is 0. The number of rotatable bonds is 9. The number of aromatic nitrogens is 1. The molecule has 2 N–H and O–H groups in total. The molecule has 4 aromatic rings. The highest BCUT2D eigenvalue weighted by molar-refractivity contribution is 6.99. The van der Waals surface area contributed by atoms with Gasteiger partial charge in [-0.3, -0.25) is 0 Å². The Kier molecular flexibility index (Phi) is 7.44. The Bertz CT molecular complexity index is 1200. The third-order valence-electron chi connectivity index (χ3n) is 7.46. The second-order valence-corrected chi connectivity index (χ2v) is 15.3.